The number of hydrogen-bond acceptors (Lipinski definition) is 4. The number of amides is 2. The predicted octanol–water partition coefficient (Wildman–Crippen LogP) is 1.84. The molecule has 0 saturated heterocycles. The van der Waals surface area contributed by atoms with Crippen molar-refractivity contribution in [2.24, 2.45) is 5.92 Å². The van der Waals surface area contributed by atoms with Crippen molar-refractivity contribution in [2.45, 2.75) is 30.7 Å². The predicted molar refractivity (Wildman–Crippen MR) is 91.1 cm³/mol. The highest BCUT2D eigenvalue weighted by Crippen LogP contribution is 2.35. The van der Waals surface area contributed by atoms with Crippen LogP contribution in [0.5, 0.6) is 0 Å². The Morgan fingerprint density at radius 1 is 1.38 bits per heavy atom. The first-order valence-electron chi connectivity index (χ1n) is 8.02. The summed E-state index contributed by atoms with van der Waals surface area (Å²) < 4.78 is 0. The van der Waals surface area contributed by atoms with Crippen molar-refractivity contribution < 1.29 is 19.5 Å². The Balaban J connectivity index is 1.75. The summed E-state index contributed by atoms with van der Waals surface area (Å²) in [5, 5.41) is 9.10. The fourth-order valence-electron chi connectivity index (χ4n) is 2.77. The van der Waals surface area contributed by atoms with Crippen molar-refractivity contribution in [3.05, 3.63) is 24.3 Å². The average Bonchev–Trinajstić information content (AvgIpc) is 3.39. The van der Waals surface area contributed by atoms with Gasteiger partial charge in [0.1, 0.15) is 6.54 Å². The summed E-state index contributed by atoms with van der Waals surface area (Å²) in [5.41, 5.74) is 0.758. The number of carbonyl (C=O) groups is 3. The van der Waals surface area contributed by atoms with Crippen LogP contribution in [0.3, 0.4) is 0 Å². The Morgan fingerprint density at radius 3 is 2.75 bits per heavy atom. The minimum absolute atomic E-state index is 0.0285. The molecular formula is C17H20N2O4S. The molecule has 1 N–H and O–H groups in total. The summed E-state index contributed by atoms with van der Waals surface area (Å²) in [6, 6.07) is 7.65. The van der Waals surface area contributed by atoms with Gasteiger partial charge in [0.15, 0.2) is 0 Å². The van der Waals surface area contributed by atoms with Crippen molar-refractivity contribution in [3.8, 4) is 0 Å². The largest absolute Gasteiger partial charge is 0.481 e. The minimum Gasteiger partial charge on any atom is -0.481 e. The van der Waals surface area contributed by atoms with Gasteiger partial charge >= 0.3 is 5.97 Å². The molecule has 1 fully saturated rings. The van der Waals surface area contributed by atoms with Crippen LogP contribution in [-0.2, 0) is 14.4 Å². The molecule has 24 heavy (non-hydrogen) atoms. The van der Waals surface area contributed by atoms with Crippen molar-refractivity contribution in [1.82, 2.24) is 4.90 Å². The standard InChI is InChI=1S/C17H20N2O4S/c1-11(17(22)23)8-18(12-6-7-12)15(20)9-19-13-4-2-3-5-14(13)24-10-16(19)21/h2-5,11-12H,6-10H2,1H3,(H,22,23). The van der Waals surface area contributed by atoms with Crippen LogP contribution in [-0.4, -0.2) is 52.7 Å². The topological polar surface area (TPSA) is 77.9 Å². The van der Waals surface area contributed by atoms with Gasteiger partial charge in [-0.3, -0.25) is 14.4 Å². The molecule has 1 atom stereocenters. The second kappa shape index (κ2) is 6.84. The molecule has 1 unspecified atom stereocenters. The van der Waals surface area contributed by atoms with E-state index in [0.29, 0.717) is 5.75 Å². The van der Waals surface area contributed by atoms with Gasteiger partial charge < -0.3 is 14.9 Å². The van der Waals surface area contributed by atoms with Gasteiger partial charge in [-0.2, -0.15) is 0 Å². The first-order chi connectivity index (χ1) is 11.5. The Bertz CT molecular complexity index is 674. The highest BCUT2D eigenvalue weighted by molar-refractivity contribution is 8.00. The van der Waals surface area contributed by atoms with E-state index in [0.717, 1.165) is 23.4 Å². The van der Waals surface area contributed by atoms with Crippen LogP contribution < -0.4 is 4.90 Å². The van der Waals surface area contributed by atoms with Crippen molar-refractivity contribution >= 4 is 35.2 Å². The zero-order valence-corrected chi connectivity index (χ0v) is 14.3. The van der Waals surface area contributed by atoms with Crippen LogP contribution >= 0.6 is 11.8 Å². The van der Waals surface area contributed by atoms with Gasteiger partial charge in [-0.15, -0.1) is 11.8 Å². The van der Waals surface area contributed by atoms with Gasteiger partial charge in [0.25, 0.3) is 0 Å². The number of aliphatic carboxylic acids is 1. The number of nitrogens with zero attached hydrogens (tertiary/aromatic N) is 2. The number of thioether (sulfide) groups is 1. The maximum Gasteiger partial charge on any atom is 0.308 e. The summed E-state index contributed by atoms with van der Waals surface area (Å²) in [7, 11) is 0. The van der Waals surface area contributed by atoms with Gasteiger partial charge in [0.2, 0.25) is 11.8 Å². The Kier molecular flexibility index (Phi) is 4.80. The van der Waals surface area contributed by atoms with E-state index in [2.05, 4.69) is 0 Å². The average molecular weight is 348 g/mol. The summed E-state index contributed by atoms with van der Waals surface area (Å²) in [6.45, 7) is 1.76. The monoisotopic (exact) mass is 348 g/mol. The molecule has 1 aromatic carbocycles. The summed E-state index contributed by atoms with van der Waals surface area (Å²) in [6.07, 6.45) is 1.80. The molecule has 0 radical (unpaired) electrons. The van der Waals surface area contributed by atoms with Crippen LogP contribution in [0.2, 0.25) is 0 Å². The van der Waals surface area contributed by atoms with E-state index in [4.69, 9.17) is 5.11 Å². The maximum absolute atomic E-state index is 12.7. The van der Waals surface area contributed by atoms with Gasteiger partial charge in [-0.25, -0.2) is 0 Å². The van der Waals surface area contributed by atoms with E-state index in [1.807, 2.05) is 24.3 Å². The Labute approximate surface area is 144 Å². The van der Waals surface area contributed by atoms with E-state index in [9.17, 15) is 14.4 Å². The number of para-hydroxylation sites is 1. The summed E-state index contributed by atoms with van der Waals surface area (Å²) >= 11 is 1.48. The number of rotatable bonds is 6. The lowest BCUT2D eigenvalue weighted by atomic mass is 10.1. The second-order valence-corrected chi connectivity index (χ2v) is 7.27. The lowest BCUT2D eigenvalue weighted by molar-refractivity contribution is -0.143. The maximum atomic E-state index is 12.7. The smallest absolute Gasteiger partial charge is 0.308 e. The molecule has 1 aliphatic heterocycles. The molecule has 0 aromatic heterocycles. The fourth-order valence-corrected chi connectivity index (χ4v) is 3.70. The second-order valence-electron chi connectivity index (χ2n) is 6.25. The molecule has 1 heterocycles. The van der Waals surface area contributed by atoms with Crippen LogP contribution in [0, 0.1) is 5.92 Å². The number of carboxylic acid groups (broad SMARTS) is 1. The normalized spacial score (nSPS) is 18.0. The van der Waals surface area contributed by atoms with Gasteiger partial charge in [0, 0.05) is 17.5 Å². The Hall–Kier alpha value is -2.02. The summed E-state index contributed by atoms with van der Waals surface area (Å²) in [4.78, 5) is 40.3. The SMILES string of the molecule is CC(CN(C(=O)CN1C(=O)CSc2ccccc21)C1CC1)C(=O)O. The van der Waals surface area contributed by atoms with E-state index < -0.39 is 11.9 Å². The van der Waals surface area contributed by atoms with E-state index in [1.165, 1.54) is 16.7 Å². The number of hydrogen-bond donors (Lipinski definition) is 1. The molecule has 1 aliphatic carbocycles. The third-order valence-electron chi connectivity index (χ3n) is 4.30. The third kappa shape index (κ3) is 3.56. The molecule has 3 rings (SSSR count). The van der Waals surface area contributed by atoms with Crippen LogP contribution in [0.25, 0.3) is 0 Å². The van der Waals surface area contributed by atoms with Gasteiger partial charge in [-0.05, 0) is 25.0 Å². The van der Waals surface area contributed by atoms with E-state index in [1.54, 1.807) is 11.8 Å². The molecule has 2 aliphatic rings. The van der Waals surface area contributed by atoms with Gasteiger partial charge in [-0.1, -0.05) is 19.1 Å². The first-order valence-corrected chi connectivity index (χ1v) is 9.00. The quantitative estimate of drug-likeness (QED) is 0.849. The fraction of sp³-hybridized carbons (Fsp3) is 0.471. The first kappa shape index (κ1) is 16.8. The zero-order valence-electron chi connectivity index (χ0n) is 13.5. The molecule has 7 heteroatoms. The minimum atomic E-state index is -0.913. The lowest BCUT2D eigenvalue weighted by Crippen LogP contribution is -2.47. The van der Waals surface area contributed by atoms with E-state index >= 15 is 0 Å². The molecular weight excluding hydrogens is 328 g/mol. The van der Waals surface area contributed by atoms with Crippen LogP contribution in [0.15, 0.2) is 29.2 Å². The molecule has 1 aromatic rings. The molecule has 6 nitrogen and oxygen atoms in total. The number of anilines is 1. The molecule has 1 saturated carbocycles. The number of fused-ring (bicyclic) bond motifs is 1. The summed E-state index contributed by atoms with van der Waals surface area (Å²) in [5.74, 6) is -1.48. The highest BCUT2D eigenvalue weighted by atomic mass is 32.2. The third-order valence-corrected chi connectivity index (χ3v) is 5.35. The number of carboxylic acids is 1. The van der Waals surface area contributed by atoms with Crippen molar-refractivity contribution in [1.29, 1.82) is 0 Å². The van der Waals surface area contributed by atoms with E-state index in [-0.39, 0.29) is 30.9 Å². The highest BCUT2D eigenvalue weighted by Gasteiger charge is 2.36. The Morgan fingerprint density at radius 2 is 2.08 bits per heavy atom. The molecule has 128 valence electrons. The molecule has 2 amide bonds. The number of carbonyl (C=O) groups excluding carboxylic acids is 2. The molecule has 0 bridgehead atoms. The van der Waals surface area contributed by atoms with Crippen molar-refractivity contribution in [3.63, 3.8) is 0 Å². The zero-order chi connectivity index (χ0) is 17.3. The number of benzene rings is 1. The van der Waals surface area contributed by atoms with Gasteiger partial charge in [0.05, 0.1) is 17.4 Å². The van der Waals surface area contributed by atoms with Crippen LogP contribution in [0.4, 0.5) is 5.69 Å². The van der Waals surface area contributed by atoms with Crippen LogP contribution in [0.1, 0.15) is 19.8 Å². The molecule has 0 spiro atoms. The van der Waals surface area contributed by atoms with Crippen molar-refractivity contribution in [2.75, 3.05) is 23.7 Å². The lowest BCUT2D eigenvalue weighted by Gasteiger charge is -2.31.